The number of halogens is 2. The maximum Gasteiger partial charge on any atom is 0.228 e. The van der Waals surface area contributed by atoms with E-state index in [0.29, 0.717) is 13.2 Å². The number of carbonyl (C=O) groups is 1. The van der Waals surface area contributed by atoms with Crippen LogP contribution in [0.1, 0.15) is 19.3 Å². The smallest absolute Gasteiger partial charge is 0.228 e. The Hall–Kier alpha value is -1.01. The number of anilines is 1. The second-order valence-corrected chi connectivity index (χ2v) is 5.87. The number of carbonyl (C=O) groups excluding carboxylic acids is 1. The molecular weight excluding hydrogens is 349 g/mol. The van der Waals surface area contributed by atoms with Crippen LogP contribution in [-0.4, -0.2) is 45.8 Å². The summed E-state index contributed by atoms with van der Waals surface area (Å²) < 4.78 is 5.29. The average molecular weight is 378 g/mol. The second-order valence-electron chi connectivity index (χ2n) is 5.87. The summed E-state index contributed by atoms with van der Waals surface area (Å²) in [6.45, 7) is 3.81. The van der Waals surface area contributed by atoms with Crippen LogP contribution in [0, 0.1) is 5.41 Å². The van der Waals surface area contributed by atoms with E-state index in [1.165, 1.54) is 0 Å². The Kier molecular flexibility index (Phi) is 11.8. The van der Waals surface area contributed by atoms with Crippen LogP contribution in [0.3, 0.4) is 0 Å². The first-order valence-corrected chi connectivity index (χ1v) is 8.04. The first kappa shape index (κ1) is 23.0. The molecule has 1 amide bonds. The fourth-order valence-corrected chi connectivity index (χ4v) is 2.89. The van der Waals surface area contributed by atoms with Crippen molar-refractivity contribution in [3.63, 3.8) is 0 Å². The lowest BCUT2D eigenvalue weighted by molar-refractivity contribution is -0.136. The summed E-state index contributed by atoms with van der Waals surface area (Å²) in [6.07, 6.45) is 2.59. The molecule has 0 aliphatic carbocycles. The topological polar surface area (TPSA) is 62.4 Å². The summed E-state index contributed by atoms with van der Waals surface area (Å²) in [5.41, 5.74) is 0.760. The average Bonchev–Trinajstić information content (AvgIpc) is 2.56. The number of piperidine rings is 1. The van der Waals surface area contributed by atoms with Crippen molar-refractivity contribution < 1.29 is 9.53 Å². The lowest BCUT2D eigenvalue weighted by Crippen LogP contribution is -2.50. The molecule has 1 heterocycles. The molecule has 0 aromatic heterocycles. The lowest BCUT2D eigenvalue weighted by atomic mass is 9.78. The van der Waals surface area contributed by atoms with Gasteiger partial charge in [-0.3, -0.25) is 4.79 Å². The highest BCUT2D eigenvalue weighted by molar-refractivity contribution is 5.85. The molecule has 1 fully saturated rings. The standard InChI is InChI=1S/C17H27N3O2.2ClH/c1-22-14-17(8-12-18-13-9-17)16(21)20-11-5-10-19-15-6-3-2-4-7-15;;/h2-4,6-7,18-19H,5,8-14H2,1H3,(H,20,21);2*1H. The maximum atomic E-state index is 12.5. The molecule has 138 valence electrons. The third kappa shape index (κ3) is 6.85. The lowest BCUT2D eigenvalue weighted by Gasteiger charge is -2.35. The normalized spacial score (nSPS) is 15.5. The highest BCUT2D eigenvalue weighted by Crippen LogP contribution is 2.29. The van der Waals surface area contributed by atoms with E-state index in [9.17, 15) is 4.79 Å². The molecule has 1 aromatic rings. The Morgan fingerprint density at radius 3 is 2.46 bits per heavy atom. The summed E-state index contributed by atoms with van der Waals surface area (Å²) >= 11 is 0. The van der Waals surface area contributed by atoms with Gasteiger partial charge in [-0.15, -0.1) is 24.8 Å². The van der Waals surface area contributed by atoms with Crippen molar-refractivity contribution in [1.29, 1.82) is 0 Å². The number of nitrogens with one attached hydrogen (secondary N) is 3. The minimum atomic E-state index is -0.354. The Morgan fingerprint density at radius 2 is 1.83 bits per heavy atom. The maximum absolute atomic E-state index is 12.5. The summed E-state index contributed by atoms with van der Waals surface area (Å²) in [5, 5.41) is 9.73. The SMILES string of the molecule is COCC1(C(=O)NCCCNc2ccccc2)CCNCC1.Cl.Cl. The first-order chi connectivity index (χ1) is 10.8. The van der Waals surface area contributed by atoms with Gasteiger partial charge in [0.15, 0.2) is 0 Å². The van der Waals surface area contributed by atoms with Crippen molar-refractivity contribution in [1.82, 2.24) is 10.6 Å². The quantitative estimate of drug-likeness (QED) is 0.609. The zero-order valence-corrected chi connectivity index (χ0v) is 15.8. The Balaban J connectivity index is 0.00000264. The second kappa shape index (κ2) is 12.4. The van der Waals surface area contributed by atoms with Gasteiger partial charge in [-0.1, -0.05) is 18.2 Å². The van der Waals surface area contributed by atoms with Crippen molar-refractivity contribution in [3.05, 3.63) is 30.3 Å². The fourth-order valence-electron chi connectivity index (χ4n) is 2.89. The number of benzene rings is 1. The number of hydrogen-bond acceptors (Lipinski definition) is 4. The van der Waals surface area contributed by atoms with E-state index in [2.05, 4.69) is 16.0 Å². The van der Waals surface area contributed by atoms with Crippen molar-refractivity contribution in [2.45, 2.75) is 19.3 Å². The first-order valence-electron chi connectivity index (χ1n) is 8.04. The Morgan fingerprint density at radius 1 is 1.17 bits per heavy atom. The third-order valence-corrected chi connectivity index (χ3v) is 4.20. The molecule has 1 aliphatic heterocycles. The summed E-state index contributed by atoms with van der Waals surface area (Å²) in [4.78, 5) is 12.5. The van der Waals surface area contributed by atoms with Crippen molar-refractivity contribution in [2.24, 2.45) is 5.41 Å². The van der Waals surface area contributed by atoms with E-state index >= 15 is 0 Å². The summed E-state index contributed by atoms with van der Waals surface area (Å²) in [7, 11) is 1.67. The van der Waals surface area contributed by atoms with E-state index in [0.717, 1.165) is 44.6 Å². The van der Waals surface area contributed by atoms with E-state index in [4.69, 9.17) is 4.74 Å². The minimum absolute atomic E-state index is 0. The van der Waals surface area contributed by atoms with Crippen molar-refractivity contribution in [2.75, 3.05) is 45.2 Å². The van der Waals surface area contributed by atoms with Crippen LogP contribution in [0.2, 0.25) is 0 Å². The van der Waals surface area contributed by atoms with Crippen LogP contribution in [0.5, 0.6) is 0 Å². The number of ether oxygens (including phenoxy) is 1. The molecule has 0 spiro atoms. The third-order valence-electron chi connectivity index (χ3n) is 4.20. The van der Waals surface area contributed by atoms with Gasteiger partial charge in [0.05, 0.1) is 12.0 Å². The molecule has 0 atom stereocenters. The highest BCUT2D eigenvalue weighted by Gasteiger charge is 2.39. The molecule has 0 unspecified atom stereocenters. The molecule has 3 N–H and O–H groups in total. The molecule has 1 saturated heterocycles. The van der Waals surface area contributed by atoms with Gasteiger partial charge < -0.3 is 20.7 Å². The van der Waals surface area contributed by atoms with Crippen LogP contribution in [0.15, 0.2) is 30.3 Å². The number of hydrogen-bond donors (Lipinski definition) is 3. The fraction of sp³-hybridized carbons (Fsp3) is 0.588. The Bertz CT molecular complexity index is 449. The van der Waals surface area contributed by atoms with Crippen LogP contribution >= 0.6 is 24.8 Å². The molecule has 0 radical (unpaired) electrons. The van der Waals surface area contributed by atoms with E-state index < -0.39 is 0 Å². The van der Waals surface area contributed by atoms with E-state index in [-0.39, 0.29) is 36.1 Å². The van der Waals surface area contributed by atoms with Gasteiger partial charge >= 0.3 is 0 Å². The molecule has 5 nitrogen and oxygen atoms in total. The van der Waals surface area contributed by atoms with Gasteiger partial charge in [0.25, 0.3) is 0 Å². The van der Waals surface area contributed by atoms with Gasteiger partial charge in [0.2, 0.25) is 5.91 Å². The van der Waals surface area contributed by atoms with Gasteiger partial charge in [-0.05, 0) is 44.5 Å². The van der Waals surface area contributed by atoms with Gasteiger partial charge in [0.1, 0.15) is 0 Å². The number of para-hydroxylation sites is 1. The molecule has 0 saturated carbocycles. The Labute approximate surface area is 157 Å². The van der Waals surface area contributed by atoms with Crippen LogP contribution in [0.4, 0.5) is 5.69 Å². The van der Waals surface area contributed by atoms with Crippen LogP contribution < -0.4 is 16.0 Å². The van der Waals surface area contributed by atoms with E-state index in [1.54, 1.807) is 7.11 Å². The number of methoxy groups -OCH3 is 1. The molecule has 24 heavy (non-hydrogen) atoms. The molecule has 0 bridgehead atoms. The summed E-state index contributed by atoms with van der Waals surface area (Å²) in [5.74, 6) is 0.135. The molecule has 1 aromatic carbocycles. The monoisotopic (exact) mass is 377 g/mol. The van der Waals surface area contributed by atoms with Gasteiger partial charge in [-0.25, -0.2) is 0 Å². The highest BCUT2D eigenvalue weighted by atomic mass is 35.5. The van der Waals surface area contributed by atoms with Gasteiger partial charge in [0, 0.05) is 25.9 Å². The predicted molar refractivity (Wildman–Crippen MR) is 103 cm³/mol. The largest absolute Gasteiger partial charge is 0.385 e. The molecule has 1 aliphatic rings. The van der Waals surface area contributed by atoms with E-state index in [1.807, 2.05) is 30.3 Å². The minimum Gasteiger partial charge on any atom is -0.385 e. The zero-order chi connectivity index (χ0) is 15.7. The molecule has 7 heteroatoms. The van der Waals surface area contributed by atoms with Gasteiger partial charge in [-0.2, -0.15) is 0 Å². The van der Waals surface area contributed by atoms with Crippen LogP contribution in [-0.2, 0) is 9.53 Å². The predicted octanol–water partition coefficient (Wildman–Crippen LogP) is 2.46. The van der Waals surface area contributed by atoms with Crippen molar-refractivity contribution >= 4 is 36.4 Å². The number of amides is 1. The molecule has 2 rings (SSSR count). The zero-order valence-electron chi connectivity index (χ0n) is 14.2. The number of rotatable bonds is 8. The summed E-state index contributed by atoms with van der Waals surface area (Å²) in [6, 6.07) is 10.1. The van der Waals surface area contributed by atoms with Crippen LogP contribution in [0.25, 0.3) is 0 Å². The van der Waals surface area contributed by atoms with Crippen molar-refractivity contribution in [3.8, 4) is 0 Å². The molecular formula is C17H29Cl2N3O2.